The molecule has 1 aliphatic rings. The maximum absolute atomic E-state index is 12.7. The second kappa shape index (κ2) is 7.93. The zero-order valence-electron chi connectivity index (χ0n) is 14.2. The van der Waals surface area contributed by atoms with Crippen molar-refractivity contribution in [2.45, 2.75) is 18.9 Å². The second-order valence-electron chi connectivity index (χ2n) is 6.26. The lowest BCUT2D eigenvalue weighted by Crippen LogP contribution is -2.41. The number of nitrogens with zero attached hydrogens (tertiary/aromatic N) is 1. The van der Waals surface area contributed by atoms with E-state index in [0.29, 0.717) is 29.8 Å². The van der Waals surface area contributed by atoms with Crippen molar-refractivity contribution in [2.24, 2.45) is 0 Å². The van der Waals surface area contributed by atoms with E-state index in [9.17, 15) is 19.5 Å². The van der Waals surface area contributed by atoms with Crippen LogP contribution < -0.4 is 5.32 Å². The third-order valence-corrected chi connectivity index (χ3v) is 4.48. The molecule has 1 heterocycles. The number of carboxylic acid groups (broad SMARTS) is 1. The van der Waals surface area contributed by atoms with E-state index in [2.05, 4.69) is 5.32 Å². The summed E-state index contributed by atoms with van der Waals surface area (Å²) in [7, 11) is 0. The number of ketones is 1. The molecule has 1 amide bonds. The van der Waals surface area contributed by atoms with Gasteiger partial charge in [-0.2, -0.15) is 0 Å². The van der Waals surface area contributed by atoms with Crippen molar-refractivity contribution in [3.63, 3.8) is 0 Å². The smallest absolute Gasteiger partial charge is 0.320 e. The molecule has 0 spiro atoms. The molecule has 2 N–H and O–H groups in total. The number of carboxylic acids is 1. The van der Waals surface area contributed by atoms with Crippen molar-refractivity contribution in [3.8, 4) is 0 Å². The van der Waals surface area contributed by atoms with Gasteiger partial charge in [-0.3, -0.25) is 19.3 Å². The molecule has 134 valence electrons. The zero-order chi connectivity index (χ0) is 18.5. The Morgan fingerprint density at radius 1 is 1.04 bits per heavy atom. The largest absolute Gasteiger partial charge is 0.480 e. The molecule has 6 nitrogen and oxygen atoms in total. The summed E-state index contributed by atoms with van der Waals surface area (Å²) in [5, 5.41) is 12.0. The third kappa shape index (κ3) is 3.97. The zero-order valence-corrected chi connectivity index (χ0v) is 14.2. The Labute approximate surface area is 151 Å². The summed E-state index contributed by atoms with van der Waals surface area (Å²) in [6.45, 7) is 0.569. The van der Waals surface area contributed by atoms with Crippen molar-refractivity contribution < 1.29 is 19.5 Å². The van der Waals surface area contributed by atoms with Crippen LogP contribution in [0.1, 0.15) is 28.8 Å². The molecule has 1 atom stereocenters. The minimum Gasteiger partial charge on any atom is -0.480 e. The molecule has 2 aromatic rings. The molecular formula is C20H20N2O4. The fourth-order valence-electron chi connectivity index (χ4n) is 3.20. The number of anilines is 1. The van der Waals surface area contributed by atoms with E-state index in [1.165, 1.54) is 0 Å². The normalized spacial score (nSPS) is 17.0. The Kier molecular flexibility index (Phi) is 5.43. The van der Waals surface area contributed by atoms with Gasteiger partial charge in [-0.15, -0.1) is 0 Å². The van der Waals surface area contributed by atoms with Crippen LogP contribution in [0.2, 0.25) is 0 Å². The number of rotatable bonds is 6. The van der Waals surface area contributed by atoms with Gasteiger partial charge in [0.05, 0.1) is 12.2 Å². The number of nitrogens with one attached hydrogen (secondary N) is 1. The summed E-state index contributed by atoms with van der Waals surface area (Å²) in [5.74, 6) is -1.41. The van der Waals surface area contributed by atoms with Crippen LogP contribution in [-0.4, -0.2) is 46.8 Å². The Morgan fingerprint density at radius 2 is 1.73 bits per heavy atom. The van der Waals surface area contributed by atoms with E-state index in [1.807, 2.05) is 6.07 Å². The number of carbonyl (C=O) groups is 3. The number of likely N-dealkylation sites (tertiary alicyclic amines) is 1. The maximum atomic E-state index is 12.7. The van der Waals surface area contributed by atoms with Gasteiger partial charge in [0, 0.05) is 11.1 Å². The average Bonchev–Trinajstić information content (AvgIpc) is 3.10. The average molecular weight is 352 g/mol. The standard InChI is InChI=1S/C20H20N2O4/c23-18(13-22-12-6-11-17(22)20(25)26)21-16-10-5-4-9-15(16)19(24)14-7-2-1-3-8-14/h1-5,7-10,17H,6,11-13H2,(H,21,23)(H,25,26)/t17-/m1/s1. The number of amides is 1. The Balaban J connectivity index is 1.73. The number of hydrogen-bond donors (Lipinski definition) is 2. The highest BCUT2D eigenvalue weighted by Crippen LogP contribution is 2.21. The van der Waals surface area contributed by atoms with Gasteiger partial charge in [0.15, 0.2) is 5.78 Å². The van der Waals surface area contributed by atoms with E-state index in [4.69, 9.17) is 0 Å². The third-order valence-electron chi connectivity index (χ3n) is 4.48. The Morgan fingerprint density at radius 3 is 2.46 bits per heavy atom. The highest BCUT2D eigenvalue weighted by Gasteiger charge is 2.31. The van der Waals surface area contributed by atoms with Crippen LogP contribution in [0.25, 0.3) is 0 Å². The van der Waals surface area contributed by atoms with Gasteiger partial charge in [-0.25, -0.2) is 0 Å². The van der Waals surface area contributed by atoms with Gasteiger partial charge in [0.25, 0.3) is 0 Å². The Bertz CT molecular complexity index is 820. The van der Waals surface area contributed by atoms with Gasteiger partial charge in [-0.05, 0) is 31.5 Å². The van der Waals surface area contributed by atoms with Gasteiger partial charge < -0.3 is 10.4 Å². The van der Waals surface area contributed by atoms with Gasteiger partial charge in [0.2, 0.25) is 5.91 Å². The van der Waals surface area contributed by atoms with Crippen molar-refractivity contribution in [1.82, 2.24) is 4.90 Å². The molecule has 0 unspecified atom stereocenters. The predicted octanol–water partition coefficient (Wildman–Crippen LogP) is 2.41. The summed E-state index contributed by atoms with van der Waals surface area (Å²) < 4.78 is 0. The van der Waals surface area contributed by atoms with E-state index < -0.39 is 12.0 Å². The topological polar surface area (TPSA) is 86.7 Å². The SMILES string of the molecule is O=C(CN1CCC[C@@H]1C(=O)O)Nc1ccccc1C(=O)c1ccccc1. The number of para-hydroxylation sites is 1. The minimum atomic E-state index is -0.907. The van der Waals surface area contributed by atoms with Crippen LogP contribution in [0.15, 0.2) is 54.6 Å². The van der Waals surface area contributed by atoms with Crippen LogP contribution >= 0.6 is 0 Å². The summed E-state index contributed by atoms with van der Waals surface area (Å²) in [5.41, 5.74) is 1.38. The summed E-state index contributed by atoms with van der Waals surface area (Å²) in [6.07, 6.45) is 1.30. The first kappa shape index (κ1) is 17.8. The molecule has 0 radical (unpaired) electrons. The highest BCUT2D eigenvalue weighted by molar-refractivity contribution is 6.13. The van der Waals surface area contributed by atoms with E-state index in [1.54, 1.807) is 53.4 Å². The molecule has 0 aliphatic carbocycles. The molecule has 26 heavy (non-hydrogen) atoms. The van der Waals surface area contributed by atoms with Crippen molar-refractivity contribution in [3.05, 3.63) is 65.7 Å². The molecule has 1 fully saturated rings. The van der Waals surface area contributed by atoms with Crippen molar-refractivity contribution in [1.29, 1.82) is 0 Å². The molecule has 0 aromatic heterocycles. The lowest BCUT2D eigenvalue weighted by Gasteiger charge is -2.20. The number of benzene rings is 2. The molecule has 0 bridgehead atoms. The summed E-state index contributed by atoms with van der Waals surface area (Å²) >= 11 is 0. The molecule has 2 aromatic carbocycles. The lowest BCUT2D eigenvalue weighted by molar-refractivity contribution is -0.142. The molecule has 0 saturated carbocycles. The van der Waals surface area contributed by atoms with Gasteiger partial charge in [-0.1, -0.05) is 42.5 Å². The van der Waals surface area contributed by atoms with E-state index in [-0.39, 0.29) is 18.2 Å². The first-order valence-corrected chi connectivity index (χ1v) is 8.52. The van der Waals surface area contributed by atoms with Gasteiger partial charge in [0.1, 0.15) is 6.04 Å². The lowest BCUT2D eigenvalue weighted by atomic mass is 10.0. The monoisotopic (exact) mass is 352 g/mol. The Hall–Kier alpha value is -2.99. The predicted molar refractivity (Wildman–Crippen MR) is 97.2 cm³/mol. The van der Waals surface area contributed by atoms with Crippen LogP contribution in [0.3, 0.4) is 0 Å². The van der Waals surface area contributed by atoms with Crippen LogP contribution in [0, 0.1) is 0 Å². The van der Waals surface area contributed by atoms with Crippen LogP contribution in [-0.2, 0) is 9.59 Å². The fourth-order valence-corrected chi connectivity index (χ4v) is 3.20. The van der Waals surface area contributed by atoms with Gasteiger partial charge >= 0.3 is 5.97 Å². The summed E-state index contributed by atoms with van der Waals surface area (Å²) in [4.78, 5) is 38.0. The first-order valence-electron chi connectivity index (χ1n) is 8.52. The fraction of sp³-hybridized carbons (Fsp3) is 0.250. The molecule has 1 saturated heterocycles. The molecular weight excluding hydrogens is 332 g/mol. The van der Waals surface area contributed by atoms with E-state index in [0.717, 1.165) is 6.42 Å². The van der Waals surface area contributed by atoms with Crippen molar-refractivity contribution in [2.75, 3.05) is 18.4 Å². The minimum absolute atomic E-state index is 0.00910. The second-order valence-corrected chi connectivity index (χ2v) is 6.26. The number of hydrogen-bond acceptors (Lipinski definition) is 4. The molecule has 1 aliphatic heterocycles. The van der Waals surface area contributed by atoms with Crippen molar-refractivity contribution >= 4 is 23.3 Å². The van der Waals surface area contributed by atoms with Crippen LogP contribution in [0.5, 0.6) is 0 Å². The van der Waals surface area contributed by atoms with Crippen LogP contribution in [0.4, 0.5) is 5.69 Å². The first-order chi connectivity index (χ1) is 12.6. The maximum Gasteiger partial charge on any atom is 0.320 e. The quantitative estimate of drug-likeness (QED) is 0.780. The molecule has 6 heteroatoms. The number of carbonyl (C=O) groups excluding carboxylic acids is 2. The number of aliphatic carboxylic acids is 1. The highest BCUT2D eigenvalue weighted by atomic mass is 16.4. The summed E-state index contributed by atoms with van der Waals surface area (Å²) in [6, 6.07) is 15.1. The molecule has 3 rings (SSSR count). The van der Waals surface area contributed by atoms with E-state index >= 15 is 0 Å².